The molecule has 0 saturated carbocycles. The Hall–Kier alpha value is -3.07. The highest BCUT2D eigenvalue weighted by atomic mass is 32.2. The van der Waals surface area contributed by atoms with Crippen molar-refractivity contribution in [2.75, 3.05) is 11.1 Å². The average Bonchev–Trinajstić information content (AvgIpc) is 3.10. The summed E-state index contributed by atoms with van der Waals surface area (Å²) in [5, 5.41) is 9.80. The second-order valence-electron chi connectivity index (χ2n) is 5.80. The summed E-state index contributed by atoms with van der Waals surface area (Å²) < 4.78 is 42.4. The van der Waals surface area contributed by atoms with Gasteiger partial charge in [-0.2, -0.15) is 0 Å². The van der Waals surface area contributed by atoms with Crippen molar-refractivity contribution < 1.29 is 22.0 Å². The highest BCUT2D eigenvalue weighted by Crippen LogP contribution is 2.20. The fraction of sp³-hybridized carbons (Fsp3) is 0.167. The molecule has 0 aliphatic carbocycles. The van der Waals surface area contributed by atoms with Crippen LogP contribution in [0.2, 0.25) is 0 Å². The van der Waals surface area contributed by atoms with Crippen molar-refractivity contribution in [2.24, 2.45) is 0 Å². The van der Waals surface area contributed by atoms with Crippen molar-refractivity contribution in [3.63, 3.8) is 0 Å². The summed E-state index contributed by atoms with van der Waals surface area (Å²) in [5.41, 5.74) is 1.16. The van der Waals surface area contributed by atoms with E-state index in [1.807, 2.05) is 0 Å². The van der Waals surface area contributed by atoms with E-state index in [0.29, 0.717) is 11.1 Å². The molecule has 1 amide bonds. The third-order valence-corrected chi connectivity index (χ3v) is 5.23. The average molecular weight is 389 g/mol. The second-order valence-corrected chi connectivity index (χ2v) is 7.98. The molecule has 0 aliphatic heterocycles. The van der Waals surface area contributed by atoms with E-state index in [1.54, 1.807) is 30.3 Å². The molecule has 140 valence electrons. The van der Waals surface area contributed by atoms with E-state index in [4.69, 9.17) is 4.42 Å². The van der Waals surface area contributed by atoms with Crippen molar-refractivity contribution in [2.45, 2.75) is 12.2 Å². The molecule has 0 unspecified atom stereocenters. The summed E-state index contributed by atoms with van der Waals surface area (Å²) in [6.45, 7) is 0. The quantitative estimate of drug-likeness (QED) is 0.667. The van der Waals surface area contributed by atoms with Gasteiger partial charge in [-0.1, -0.05) is 35.4 Å². The summed E-state index contributed by atoms with van der Waals surface area (Å²) in [6, 6.07) is 14.0. The maximum atomic E-state index is 12.9. The molecule has 1 aromatic heterocycles. The Morgan fingerprint density at radius 1 is 1.04 bits per heavy atom. The number of nitrogens with zero attached hydrogens (tertiary/aromatic N) is 2. The highest BCUT2D eigenvalue weighted by molar-refractivity contribution is 7.90. The van der Waals surface area contributed by atoms with Gasteiger partial charge in [0.05, 0.1) is 11.5 Å². The van der Waals surface area contributed by atoms with E-state index < -0.39 is 21.6 Å². The first-order valence-electron chi connectivity index (χ1n) is 8.05. The highest BCUT2D eigenvalue weighted by Gasteiger charge is 2.16. The molecular weight excluding hydrogens is 373 g/mol. The maximum Gasteiger partial charge on any atom is 0.322 e. The van der Waals surface area contributed by atoms with Crippen LogP contribution in [0.1, 0.15) is 12.0 Å². The Bertz CT molecular complexity index is 1020. The van der Waals surface area contributed by atoms with Crippen LogP contribution in [0.4, 0.5) is 10.4 Å². The first-order chi connectivity index (χ1) is 12.9. The lowest BCUT2D eigenvalue weighted by Crippen LogP contribution is -2.18. The molecule has 0 fully saturated rings. The maximum absolute atomic E-state index is 12.9. The molecule has 0 spiro atoms. The first-order valence-corrected chi connectivity index (χ1v) is 9.87. The zero-order chi connectivity index (χ0) is 19.3. The number of hydrogen-bond acceptors (Lipinski definition) is 6. The largest absolute Gasteiger partial charge is 0.403 e. The molecule has 9 heteroatoms. The van der Waals surface area contributed by atoms with Crippen LogP contribution in [-0.2, 0) is 20.4 Å². The van der Waals surface area contributed by atoms with Crippen LogP contribution >= 0.6 is 0 Å². The van der Waals surface area contributed by atoms with E-state index in [2.05, 4.69) is 15.5 Å². The summed E-state index contributed by atoms with van der Waals surface area (Å²) >= 11 is 0. The van der Waals surface area contributed by atoms with Crippen LogP contribution in [0.15, 0.2) is 59.0 Å². The number of halogens is 1. The molecule has 27 heavy (non-hydrogen) atoms. The third-order valence-electron chi connectivity index (χ3n) is 3.63. The van der Waals surface area contributed by atoms with Gasteiger partial charge in [0.15, 0.2) is 9.84 Å². The third kappa shape index (κ3) is 5.45. The van der Waals surface area contributed by atoms with E-state index in [0.717, 1.165) is 0 Å². The Balaban J connectivity index is 1.54. The number of carbonyl (C=O) groups excluding carboxylic acids is 1. The van der Waals surface area contributed by atoms with Crippen LogP contribution < -0.4 is 5.32 Å². The summed E-state index contributed by atoms with van der Waals surface area (Å²) in [6.07, 6.45) is -0.233. The predicted molar refractivity (Wildman–Crippen MR) is 96.9 cm³/mol. The minimum absolute atomic E-state index is 0.113. The Morgan fingerprint density at radius 3 is 2.44 bits per heavy atom. The fourth-order valence-corrected chi connectivity index (χ4v) is 3.65. The minimum Gasteiger partial charge on any atom is -0.403 e. The predicted octanol–water partition coefficient (Wildman–Crippen LogP) is 2.82. The molecule has 1 N–H and O–H groups in total. The van der Waals surface area contributed by atoms with E-state index in [-0.39, 0.29) is 29.8 Å². The Morgan fingerprint density at radius 2 is 1.74 bits per heavy atom. The van der Waals surface area contributed by atoms with E-state index >= 15 is 0 Å². The smallest absolute Gasteiger partial charge is 0.322 e. The zero-order valence-corrected chi connectivity index (χ0v) is 14.9. The van der Waals surface area contributed by atoms with Crippen LogP contribution in [0, 0.1) is 5.82 Å². The molecule has 0 bridgehead atoms. The Kier molecular flexibility index (Phi) is 5.60. The molecule has 0 atom stereocenters. The molecule has 3 aromatic rings. The lowest BCUT2D eigenvalue weighted by atomic mass is 10.2. The van der Waals surface area contributed by atoms with Gasteiger partial charge in [0, 0.05) is 12.0 Å². The molecule has 3 rings (SSSR count). The molecule has 0 radical (unpaired) electrons. The summed E-state index contributed by atoms with van der Waals surface area (Å²) in [5.74, 6) is -1.27. The topological polar surface area (TPSA) is 102 Å². The van der Waals surface area contributed by atoms with Gasteiger partial charge in [0.1, 0.15) is 5.82 Å². The molecule has 0 saturated heterocycles. The number of aromatic nitrogens is 2. The number of benzene rings is 2. The SMILES string of the molecule is O=C(CCS(=O)(=O)Cc1ccccc1)Nc1nnc(-c2ccc(F)cc2)o1. The number of sulfone groups is 1. The van der Waals surface area contributed by atoms with Crippen molar-refractivity contribution in [3.05, 3.63) is 66.0 Å². The van der Waals surface area contributed by atoms with Crippen molar-refractivity contribution in [3.8, 4) is 11.5 Å². The number of carbonyl (C=O) groups is 1. The Labute approximate surface area is 155 Å². The molecular formula is C18H16FN3O4S. The van der Waals surface area contributed by atoms with Gasteiger partial charge >= 0.3 is 6.01 Å². The van der Waals surface area contributed by atoms with Crippen molar-refractivity contribution in [1.29, 1.82) is 0 Å². The first kappa shape index (κ1) is 18.7. The standard InChI is InChI=1S/C18H16FN3O4S/c19-15-8-6-14(7-9-15)17-21-22-18(26-17)20-16(23)10-11-27(24,25)12-13-4-2-1-3-5-13/h1-9H,10-12H2,(H,20,22,23). The van der Waals surface area contributed by atoms with Gasteiger partial charge in [0.25, 0.3) is 0 Å². The fourth-order valence-electron chi connectivity index (χ4n) is 2.31. The van der Waals surface area contributed by atoms with Gasteiger partial charge in [-0.3, -0.25) is 10.1 Å². The number of rotatable bonds is 7. The van der Waals surface area contributed by atoms with Gasteiger partial charge in [-0.25, -0.2) is 12.8 Å². The van der Waals surface area contributed by atoms with E-state index in [1.165, 1.54) is 24.3 Å². The van der Waals surface area contributed by atoms with Crippen molar-refractivity contribution >= 4 is 21.8 Å². The normalized spacial score (nSPS) is 11.3. The van der Waals surface area contributed by atoms with Crippen LogP contribution in [0.3, 0.4) is 0 Å². The number of hydrogen-bond donors (Lipinski definition) is 1. The number of amides is 1. The zero-order valence-electron chi connectivity index (χ0n) is 14.1. The van der Waals surface area contributed by atoms with Gasteiger partial charge in [0.2, 0.25) is 11.8 Å². The molecule has 2 aromatic carbocycles. The number of anilines is 1. The molecule has 7 nitrogen and oxygen atoms in total. The van der Waals surface area contributed by atoms with Gasteiger partial charge in [-0.15, -0.1) is 5.10 Å². The van der Waals surface area contributed by atoms with Crippen LogP contribution in [0.25, 0.3) is 11.5 Å². The minimum atomic E-state index is -3.43. The molecule has 1 heterocycles. The van der Waals surface area contributed by atoms with Crippen LogP contribution in [0.5, 0.6) is 0 Å². The van der Waals surface area contributed by atoms with Gasteiger partial charge in [-0.05, 0) is 29.8 Å². The molecule has 0 aliphatic rings. The monoisotopic (exact) mass is 389 g/mol. The number of nitrogens with one attached hydrogen (secondary N) is 1. The van der Waals surface area contributed by atoms with E-state index in [9.17, 15) is 17.6 Å². The van der Waals surface area contributed by atoms with Gasteiger partial charge < -0.3 is 4.42 Å². The van der Waals surface area contributed by atoms with Crippen LogP contribution in [-0.4, -0.2) is 30.3 Å². The lowest BCUT2D eigenvalue weighted by molar-refractivity contribution is -0.115. The summed E-state index contributed by atoms with van der Waals surface area (Å²) in [7, 11) is -3.43. The van der Waals surface area contributed by atoms with Crippen molar-refractivity contribution in [1.82, 2.24) is 10.2 Å². The second kappa shape index (κ2) is 8.09. The lowest BCUT2D eigenvalue weighted by Gasteiger charge is -2.04. The summed E-state index contributed by atoms with van der Waals surface area (Å²) in [4.78, 5) is 11.9.